The largest absolute Gasteiger partial charge is 0.463 e. The Kier molecular flexibility index (Phi) is 9.78. The van der Waals surface area contributed by atoms with Gasteiger partial charge in [-0.1, -0.05) is 48.5 Å². The molecule has 0 bridgehead atoms. The number of hydrogen-bond acceptors (Lipinski definition) is 8. The summed E-state index contributed by atoms with van der Waals surface area (Å²) >= 11 is 0. The number of likely N-dealkylation sites (tertiary alicyclic amines) is 1. The van der Waals surface area contributed by atoms with Crippen LogP contribution in [0.25, 0.3) is 0 Å². The van der Waals surface area contributed by atoms with Crippen molar-refractivity contribution >= 4 is 17.6 Å². The monoisotopic (exact) mass is 521 g/mol. The van der Waals surface area contributed by atoms with Crippen LogP contribution in [-0.2, 0) is 25.6 Å². The molecule has 0 radical (unpaired) electrons. The van der Waals surface area contributed by atoms with Crippen molar-refractivity contribution in [2.75, 3.05) is 19.7 Å². The van der Waals surface area contributed by atoms with Gasteiger partial charge in [0.2, 0.25) is 0 Å². The minimum absolute atomic E-state index is 0.137. The van der Waals surface area contributed by atoms with Crippen LogP contribution in [0.4, 0.5) is 5.69 Å². The number of nitro benzene ring substituents is 1. The highest BCUT2D eigenvalue weighted by atomic mass is 16.6. The fourth-order valence-corrected chi connectivity index (χ4v) is 4.46. The number of hydrogen-bond donors (Lipinski definition) is 1. The zero-order valence-corrected chi connectivity index (χ0v) is 22.4. The number of rotatable bonds is 7. The first-order chi connectivity index (χ1) is 18.1. The standard InChI is InChI=1S/C23H30N2O4.C6H5NO2/c1-5-28-21(26)19-13-20(17(3)24-16(19)2)22(27)29-23(4)11-12-25(15-23)14-18-9-7-6-8-10-18;8-7(9)6-4-2-1-3-5-6/h6-10,24H,5,11-15H2,1-4H3;1-5H/t23-;/m1./s1. The van der Waals surface area contributed by atoms with E-state index in [1.165, 1.54) is 17.7 Å². The van der Waals surface area contributed by atoms with Crippen molar-refractivity contribution in [3.8, 4) is 0 Å². The Morgan fingerprint density at radius 3 is 2.13 bits per heavy atom. The maximum atomic E-state index is 13.0. The van der Waals surface area contributed by atoms with E-state index in [4.69, 9.17) is 9.47 Å². The smallest absolute Gasteiger partial charge is 0.336 e. The molecule has 4 rings (SSSR count). The lowest BCUT2D eigenvalue weighted by atomic mass is 9.97. The molecule has 202 valence electrons. The van der Waals surface area contributed by atoms with E-state index >= 15 is 0 Å². The van der Waals surface area contributed by atoms with E-state index in [0.29, 0.717) is 24.3 Å². The molecule has 1 saturated heterocycles. The number of carbonyl (C=O) groups is 2. The van der Waals surface area contributed by atoms with Crippen LogP contribution in [0.15, 0.2) is 83.2 Å². The molecule has 9 heteroatoms. The Labute approximate surface area is 223 Å². The number of ether oxygens (including phenoxy) is 2. The van der Waals surface area contributed by atoms with E-state index < -0.39 is 16.5 Å². The van der Waals surface area contributed by atoms with Crippen molar-refractivity contribution in [2.45, 2.75) is 52.7 Å². The van der Waals surface area contributed by atoms with Crippen molar-refractivity contribution < 1.29 is 24.0 Å². The summed E-state index contributed by atoms with van der Waals surface area (Å²) in [5.41, 5.74) is 3.25. The molecular weight excluding hydrogens is 486 g/mol. The summed E-state index contributed by atoms with van der Waals surface area (Å²) in [5, 5.41) is 13.1. The molecule has 2 aromatic carbocycles. The quantitative estimate of drug-likeness (QED) is 0.311. The van der Waals surface area contributed by atoms with Gasteiger partial charge >= 0.3 is 11.9 Å². The second-order valence-corrected chi connectivity index (χ2v) is 9.61. The maximum Gasteiger partial charge on any atom is 0.336 e. The van der Waals surface area contributed by atoms with E-state index in [9.17, 15) is 19.7 Å². The van der Waals surface area contributed by atoms with Gasteiger partial charge < -0.3 is 14.8 Å². The minimum atomic E-state index is -0.542. The van der Waals surface area contributed by atoms with Gasteiger partial charge in [-0.15, -0.1) is 0 Å². The molecule has 2 aromatic rings. The minimum Gasteiger partial charge on any atom is -0.463 e. The summed E-state index contributed by atoms with van der Waals surface area (Å²) in [5.74, 6) is -0.759. The highest BCUT2D eigenvalue weighted by Gasteiger charge is 2.39. The average Bonchev–Trinajstić information content (AvgIpc) is 3.25. The van der Waals surface area contributed by atoms with Crippen LogP contribution in [0.3, 0.4) is 0 Å². The van der Waals surface area contributed by atoms with Crippen LogP contribution in [0.5, 0.6) is 0 Å². The molecule has 1 N–H and O–H groups in total. The van der Waals surface area contributed by atoms with Crippen molar-refractivity contribution in [1.29, 1.82) is 0 Å². The number of para-hydroxylation sites is 1. The van der Waals surface area contributed by atoms with Crippen molar-refractivity contribution in [2.24, 2.45) is 0 Å². The molecule has 2 aliphatic rings. The summed E-state index contributed by atoms with van der Waals surface area (Å²) in [7, 11) is 0. The maximum absolute atomic E-state index is 13.0. The van der Waals surface area contributed by atoms with Gasteiger partial charge in [0.05, 0.1) is 22.7 Å². The first kappa shape index (κ1) is 28.6. The molecule has 0 spiro atoms. The summed E-state index contributed by atoms with van der Waals surface area (Å²) in [6.45, 7) is 10.1. The molecule has 0 aliphatic carbocycles. The first-order valence-corrected chi connectivity index (χ1v) is 12.6. The van der Waals surface area contributed by atoms with Crippen LogP contribution in [0.2, 0.25) is 0 Å². The van der Waals surface area contributed by atoms with Crippen molar-refractivity contribution in [1.82, 2.24) is 10.2 Å². The number of benzene rings is 2. The number of esters is 2. The molecule has 0 amide bonds. The third-order valence-corrected chi connectivity index (χ3v) is 6.47. The van der Waals surface area contributed by atoms with Crippen molar-refractivity contribution in [3.63, 3.8) is 0 Å². The van der Waals surface area contributed by atoms with Crippen LogP contribution in [0, 0.1) is 10.1 Å². The van der Waals surface area contributed by atoms with Gasteiger partial charge in [-0.3, -0.25) is 15.0 Å². The van der Waals surface area contributed by atoms with Crippen LogP contribution in [0.1, 0.15) is 46.1 Å². The predicted octanol–water partition coefficient (Wildman–Crippen LogP) is 4.89. The number of nitrogens with zero attached hydrogens (tertiary/aromatic N) is 2. The summed E-state index contributed by atoms with van der Waals surface area (Å²) in [6, 6.07) is 18.2. The second kappa shape index (κ2) is 13.0. The lowest BCUT2D eigenvalue weighted by molar-refractivity contribution is -0.384. The van der Waals surface area contributed by atoms with E-state index in [0.717, 1.165) is 30.9 Å². The van der Waals surface area contributed by atoms with Crippen LogP contribution < -0.4 is 5.32 Å². The molecule has 9 nitrogen and oxygen atoms in total. The third kappa shape index (κ3) is 7.76. The van der Waals surface area contributed by atoms with Gasteiger partial charge in [0.25, 0.3) is 5.69 Å². The first-order valence-electron chi connectivity index (χ1n) is 12.6. The molecule has 2 heterocycles. The van der Waals surface area contributed by atoms with E-state index in [1.54, 1.807) is 25.1 Å². The Morgan fingerprint density at radius 2 is 1.58 bits per heavy atom. The second-order valence-electron chi connectivity index (χ2n) is 9.61. The lowest BCUT2D eigenvalue weighted by Gasteiger charge is -2.28. The van der Waals surface area contributed by atoms with Gasteiger partial charge in [0.1, 0.15) is 5.60 Å². The fraction of sp³-hybridized carbons (Fsp3) is 0.379. The van der Waals surface area contributed by atoms with E-state index in [-0.39, 0.29) is 18.1 Å². The molecule has 2 aliphatic heterocycles. The Balaban J connectivity index is 0.000000375. The highest BCUT2D eigenvalue weighted by Crippen LogP contribution is 2.30. The van der Waals surface area contributed by atoms with Crippen LogP contribution in [-0.4, -0.2) is 47.1 Å². The lowest BCUT2D eigenvalue weighted by Crippen LogP contribution is -2.37. The topological polar surface area (TPSA) is 111 Å². The number of nitro groups is 1. The average molecular weight is 522 g/mol. The zero-order valence-electron chi connectivity index (χ0n) is 22.4. The molecule has 0 aromatic heterocycles. The number of dihydropyridines is 1. The molecule has 1 atom stereocenters. The van der Waals surface area contributed by atoms with E-state index in [1.807, 2.05) is 39.0 Å². The van der Waals surface area contributed by atoms with Crippen LogP contribution >= 0.6 is 0 Å². The van der Waals surface area contributed by atoms with Gasteiger partial charge in [0, 0.05) is 56.0 Å². The number of non-ortho nitro benzene ring substituents is 1. The summed E-state index contributed by atoms with van der Waals surface area (Å²) < 4.78 is 11.1. The molecule has 1 fully saturated rings. The molecule has 38 heavy (non-hydrogen) atoms. The summed E-state index contributed by atoms with van der Waals surface area (Å²) in [4.78, 5) is 37.1. The van der Waals surface area contributed by atoms with Gasteiger partial charge in [-0.25, -0.2) is 9.59 Å². The Hall–Kier alpha value is -3.98. The number of allylic oxidation sites excluding steroid dienone is 2. The van der Waals surface area contributed by atoms with Crippen molar-refractivity contribution in [3.05, 3.63) is 98.9 Å². The highest BCUT2D eigenvalue weighted by molar-refractivity contribution is 5.96. The Morgan fingerprint density at radius 1 is 1.00 bits per heavy atom. The zero-order chi connectivity index (χ0) is 27.7. The van der Waals surface area contributed by atoms with Gasteiger partial charge in [-0.05, 0) is 33.3 Å². The molecular formula is C29H35N3O6. The number of carbonyl (C=O) groups excluding carboxylic acids is 2. The fourth-order valence-electron chi connectivity index (χ4n) is 4.46. The van der Waals surface area contributed by atoms with Gasteiger partial charge in [0.15, 0.2) is 0 Å². The SMILES string of the molecule is CCOC(=O)C1=C(C)NC(C)=C(C(=O)O[C@]2(C)CCN(Cc3ccccc3)C2)C1.O=[N+]([O-])c1ccccc1. The summed E-state index contributed by atoms with van der Waals surface area (Å²) in [6.07, 6.45) is 1.01. The Bertz CT molecular complexity index is 1210. The molecule has 0 unspecified atom stereocenters. The third-order valence-electron chi connectivity index (χ3n) is 6.47. The predicted molar refractivity (Wildman–Crippen MR) is 144 cm³/mol. The normalized spacial score (nSPS) is 19.3. The number of nitrogens with one attached hydrogen (secondary N) is 1. The van der Waals surface area contributed by atoms with Gasteiger partial charge in [-0.2, -0.15) is 0 Å². The van der Waals surface area contributed by atoms with E-state index in [2.05, 4.69) is 22.3 Å². The molecule has 0 saturated carbocycles.